The Morgan fingerprint density at radius 2 is 1.88 bits per heavy atom. The Hall–Kier alpha value is -2.82. The molecule has 3 aromatic rings. The van der Waals surface area contributed by atoms with Gasteiger partial charge in [-0.25, -0.2) is 9.78 Å². The molecule has 170 valence electrons. The van der Waals surface area contributed by atoms with Crippen molar-refractivity contribution in [1.29, 1.82) is 0 Å². The third-order valence-corrected chi connectivity index (χ3v) is 6.83. The van der Waals surface area contributed by atoms with Gasteiger partial charge in [0.2, 0.25) is 5.95 Å². The van der Waals surface area contributed by atoms with E-state index < -0.39 is 5.97 Å². The van der Waals surface area contributed by atoms with Gasteiger partial charge in [-0.05, 0) is 78.8 Å². The summed E-state index contributed by atoms with van der Waals surface area (Å²) in [6, 6.07) is 12.5. The number of benzene rings is 2. The van der Waals surface area contributed by atoms with Crippen LogP contribution in [0.25, 0.3) is 11.0 Å². The van der Waals surface area contributed by atoms with Gasteiger partial charge in [-0.15, -0.1) is 0 Å². The summed E-state index contributed by atoms with van der Waals surface area (Å²) < 4.78 is 2.32. The van der Waals surface area contributed by atoms with Crippen LogP contribution in [0.5, 0.6) is 0 Å². The molecule has 0 spiro atoms. The van der Waals surface area contributed by atoms with Crippen LogP contribution in [0.2, 0.25) is 0 Å². The van der Waals surface area contributed by atoms with Crippen LogP contribution in [0.1, 0.15) is 87.3 Å². The summed E-state index contributed by atoms with van der Waals surface area (Å²) in [5.41, 5.74) is 5.35. The maximum atomic E-state index is 11.7. The van der Waals surface area contributed by atoms with Crippen molar-refractivity contribution in [2.75, 3.05) is 5.32 Å². The van der Waals surface area contributed by atoms with Crippen LogP contribution in [-0.2, 0) is 0 Å². The largest absolute Gasteiger partial charge is 0.478 e. The molecule has 2 aromatic carbocycles. The number of nitrogens with zero attached hydrogens (tertiary/aromatic N) is 2. The van der Waals surface area contributed by atoms with E-state index in [1.165, 1.54) is 12.0 Å². The molecule has 0 radical (unpaired) electrons. The fourth-order valence-corrected chi connectivity index (χ4v) is 5.51. The van der Waals surface area contributed by atoms with E-state index in [0.29, 0.717) is 23.4 Å². The first kappa shape index (κ1) is 22.4. The maximum Gasteiger partial charge on any atom is 0.336 e. The number of carboxylic acids is 1. The molecule has 0 saturated heterocycles. The molecule has 2 N–H and O–H groups in total. The summed E-state index contributed by atoms with van der Waals surface area (Å²) in [7, 11) is 0. The average Bonchev–Trinajstić information content (AvgIpc) is 3.02. The number of hydrogen-bond donors (Lipinski definition) is 2. The summed E-state index contributed by atoms with van der Waals surface area (Å²) >= 11 is 0. The summed E-state index contributed by atoms with van der Waals surface area (Å²) in [5, 5.41) is 13.1. The SMILES string of the molecule is Cc1cc2c(cc1C(=O)O)nc(Nc1ccc(C(C)C)cc1)n2[C@H]1C[C@@H](C)CC(C)(C)C1. The summed E-state index contributed by atoms with van der Waals surface area (Å²) in [6.07, 6.45) is 3.39. The number of aryl methyl sites for hydroxylation is 1. The molecule has 5 nitrogen and oxygen atoms in total. The molecule has 2 atom stereocenters. The predicted molar refractivity (Wildman–Crippen MR) is 131 cm³/mol. The zero-order valence-corrected chi connectivity index (χ0v) is 20.1. The zero-order chi connectivity index (χ0) is 23.2. The average molecular weight is 434 g/mol. The van der Waals surface area contributed by atoms with Crippen molar-refractivity contribution in [2.24, 2.45) is 11.3 Å². The van der Waals surface area contributed by atoms with E-state index in [9.17, 15) is 9.90 Å². The van der Waals surface area contributed by atoms with Gasteiger partial charge >= 0.3 is 5.97 Å². The van der Waals surface area contributed by atoms with E-state index >= 15 is 0 Å². The first-order chi connectivity index (χ1) is 15.0. The first-order valence-corrected chi connectivity index (χ1v) is 11.7. The molecule has 1 aliphatic carbocycles. The normalized spacial score (nSPS) is 20.6. The van der Waals surface area contributed by atoms with Crippen LogP contribution in [-0.4, -0.2) is 20.6 Å². The van der Waals surface area contributed by atoms with Gasteiger partial charge < -0.3 is 15.0 Å². The highest BCUT2D eigenvalue weighted by molar-refractivity contribution is 5.95. The number of aromatic nitrogens is 2. The topological polar surface area (TPSA) is 67.2 Å². The quantitative estimate of drug-likeness (QED) is 0.443. The number of nitrogens with one attached hydrogen (secondary N) is 1. The molecule has 0 aliphatic heterocycles. The highest BCUT2D eigenvalue weighted by Crippen LogP contribution is 2.46. The fourth-order valence-electron chi connectivity index (χ4n) is 5.51. The Morgan fingerprint density at radius 3 is 2.47 bits per heavy atom. The molecule has 1 saturated carbocycles. The Bertz CT molecular complexity index is 1140. The molecule has 4 rings (SSSR count). The first-order valence-electron chi connectivity index (χ1n) is 11.7. The van der Waals surface area contributed by atoms with Crippen molar-refractivity contribution in [3.63, 3.8) is 0 Å². The second-order valence-corrected chi connectivity index (χ2v) is 10.7. The minimum Gasteiger partial charge on any atom is -0.478 e. The number of aromatic carboxylic acids is 1. The van der Waals surface area contributed by atoms with Gasteiger partial charge in [0.15, 0.2) is 0 Å². The van der Waals surface area contributed by atoms with Gasteiger partial charge in [0, 0.05) is 11.7 Å². The minimum absolute atomic E-state index is 0.255. The molecule has 0 bridgehead atoms. The van der Waals surface area contributed by atoms with Crippen LogP contribution in [0.15, 0.2) is 36.4 Å². The highest BCUT2D eigenvalue weighted by atomic mass is 16.4. The van der Waals surface area contributed by atoms with E-state index in [1.54, 1.807) is 6.07 Å². The molecule has 1 aromatic heterocycles. The zero-order valence-electron chi connectivity index (χ0n) is 20.1. The van der Waals surface area contributed by atoms with E-state index in [4.69, 9.17) is 4.98 Å². The standard InChI is InChI=1S/C27H35N3O2/c1-16(2)19-7-9-20(10-8-19)28-26-29-23-13-22(25(31)32)18(4)12-24(23)30(26)21-11-17(3)14-27(5,6)15-21/h7-10,12-13,16-17,21H,11,14-15H2,1-6H3,(H,28,29)(H,31,32)/t17-,21+/m1/s1. The Kier molecular flexibility index (Phi) is 5.78. The van der Waals surface area contributed by atoms with Crippen molar-refractivity contribution in [2.45, 2.75) is 72.8 Å². The lowest BCUT2D eigenvalue weighted by Gasteiger charge is -2.40. The highest BCUT2D eigenvalue weighted by Gasteiger charge is 2.35. The number of carbonyl (C=O) groups is 1. The molecule has 0 unspecified atom stereocenters. The fraction of sp³-hybridized carbons (Fsp3) is 0.481. The van der Waals surface area contributed by atoms with Crippen molar-refractivity contribution in [3.05, 3.63) is 53.1 Å². The number of imidazole rings is 1. The Labute approximate surface area is 190 Å². The maximum absolute atomic E-state index is 11.7. The number of fused-ring (bicyclic) bond motifs is 1. The van der Waals surface area contributed by atoms with Crippen molar-refractivity contribution >= 4 is 28.6 Å². The lowest BCUT2D eigenvalue weighted by Crippen LogP contribution is -2.29. The smallest absolute Gasteiger partial charge is 0.336 e. The third kappa shape index (κ3) is 4.38. The van der Waals surface area contributed by atoms with E-state index in [-0.39, 0.29) is 5.41 Å². The van der Waals surface area contributed by atoms with Crippen LogP contribution < -0.4 is 5.32 Å². The van der Waals surface area contributed by atoms with Gasteiger partial charge in [-0.3, -0.25) is 0 Å². The molecule has 1 heterocycles. The summed E-state index contributed by atoms with van der Waals surface area (Å²) in [5.74, 6) is 0.982. The minimum atomic E-state index is -0.912. The van der Waals surface area contributed by atoms with E-state index in [0.717, 1.165) is 41.1 Å². The lowest BCUT2D eigenvalue weighted by atomic mass is 9.70. The van der Waals surface area contributed by atoms with Crippen molar-refractivity contribution in [3.8, 4) is 0 Å². The van der Waals surface area contributed by atoms with Gasteiger partial charge in [-0.1, -0.05) is 46.8 Å². The molecule has 1 aliphatic rings. The Morgan fingerprint density at radius 1 is 1.19 bits per heavy atom. The number of carboxylic acid groups (broad SMARTS) is 1. The monoisotopic (exact) mass is 433 g/mol. The predicted octanol–water partition coefficient (Wildman–Crippen LogP) is 7.30. The molecular weight excluding hydrogens is 398 g/mol. The van der Waals surface area contributed by atoms with E-state index in [2.05, 4.69) is 68.8 Å². The number of hydrogen-bond acceptors (Lipinski definition) is 3. The Balaban J connectivity index is 1.82. The molecule has 5 heteroatoms. The van der Waals surface area contributed by atoms with Crippen molar-refractivity contribution in [1.82, 2.24) is 9.55 Å². The van der Waals surface area contributed by atoms with Crippen LogP contribution in [0.4, 0.5) is 11.6 Å². The second kappa shape index (κ2) is 8.27. The van der Waals surface area contributed by atoms with Gasteiger partial charge in [0.25, 0.3) is 0 Å². The number of anilines is 2. The van der Waals surface area contributed by atoms with Crippen LogP contribution in [0, 0.1) is 18.3 Å². The van der Waals surface area contributed by atoms with Crippen LogP contribution in [0.3, 0.4) is 0 Å². The second-order valence-electron chi connectivity index (χ2n) is 10.7. The third-order valence-electron chi connectivity index (χ3n) is 6.83. The molecule has 1 fully saturated rings. The summed E-state index contributed by atoms with van der Waals surface area (Å²) in [6.45, 7) is 13.3. The molecular formula is C27H35N3O2. The molecule has 32 heavy (non-hydrogen) atoms. The van der Waals surface area contributed by atoms with Crippen molar-refractivity contribution < 1.29 is 9.90 Å². The van der Waals surface area contributed by atoms with E-state index in [1.807, 2.05) is 13.0 Å². The van der Waals surface area contributed by atoms with Gasteiger partial charge in [-0.2, -0.15) is 0 Å². The number of rotatable bonds is 5. The van der Waals surface area contributed by atoms with Crippen LogP contribution >= 0.6 is 0 Å². The lowest BCUT2D eigenvalue weighted by molar-refractivity contribution is 0.0696. The van der Waals surface area contributed by atoms with Gasteiger partial charge in [0.05, 0.1) is 16.6 Å². The molecule has 0 amide bonds. The summed E-state index contributed by atoms with van der Waals surface area (Å²) in [4.78, 5) is 16.6. The van der Waals surface area contributed by atoms with Gasteiger partial charge in [0.1, 0.15) is 0 Å².